The van der Waals surface area contributed by atoms with Gasteiger partial charge in [0, 0.05) is 25.2 Å². The molecule has 2 aliphatic rings. The van der Waals surface area contributed by atoms with E-state index in [0.29, 0.717) is 13.1 Å². The first-order chi connectivity index (χ1) is 9.28. The smallest absolute Gasteiger partial charge is 0.246 e. The lowest BCUT2D eigenvalue weighted by molar-refractivity contribution is -0.153. The summed E-state index contributed by atoms with van der Waals surface area (Å²) < 4.78 is 0. The predicted octanol–water partition coefficient (Wildman–Crippen LogP) is 0.764. The monoisotopic (exact) mass is 279 g/mol. The maximum atomic E-state index is 12.4. The Bertz CT molecular complexity index is 425. The summed E-state index contributed by atoms with van der Waals surface area (Å²) in [5.74, 6) is 0.155. The summed E-state index contributed by atoms with van der Waals surface area (Å²) in [4.78, 5) is 27.8. The fourth-order valence-corrected chi connectivity index (χ4v) is 2.71. The number of nitrogens with zero attached hydrogens (tertiary/aromatic N) is 2. The van der Waals surface area contributed by atoms with E-state index in [9.17, 15) is 9.59 Å². The Kier molecular flexibility index (Phi) is 4.18. The van der Waals surface area contributed by atoms with E-state index >= 15 is 0 Å². The Balaban J connectivity index is 1.91. The van der Waals surface area contributed by atoms with E-state index in [1.165, 1.54) is 0 Å². The molecule has 2 saturated heterocycles. The van der Waals surface area contributed by atoms with Crippen LogP contribution in [0, 0.1) is 0 Å². The van der Waals surface area contributed by atoms with Crippen molar-refractivity contribution in [1.29, 1.82) is 0 Å². The van der Waals surface area contributed by atoms with Crippen LogP contribution < -0.4 is 5.32 Å². The third-order valence-corrected chi connectivity index (χ3v) is 3.78. The number of hydrogen-bond donors (Lipinski definition) is 1. The van der Waals surface area contributed by atoms with Crippen LogP contribution in [0.3, 0.4) is 0 Å². The predicted molar refractivity (Wildman–Crippen MR) is 78.2 cm³/mol. The zero-order chi connectivity index (χ0) is 14.9. The topological polar surface area (TPSA) is 52.7 Å². The van der Waals surface area contributed by atoms with Crippen LogP contribution in [-0.2, 0) is 9.59 Å². The average molecular weight is 279 g/mol. The number of nitrogens with one attached hydrogen (secondary N) is 1. The van der Waals surface area contributed by atoms with Crippen molar-refractivity contribution in [3.05, 3.63) is 12.2 Å². The molecule has 5 heteroatoms. The summed E-state index contributed by atoms with van der Waals surface area (Å²) >= 11 is 0. The molecule has 20 heavy (non-hydrogen) atoms. The van der Waals surface area contributed by atoms with Crippen LogP contribution in [0.25, 0.3) is 0 Å². The van der Waals surface area contributed by atoms with Gasteiger partial charge in [-0.3, -0.25) is 9.59 Å². The Morgan fingerprint density at radius 2 is 2.10 bits per heavy atom. The normalized spacial score (nSPS) is 23.2. The lowest BCUT2D eigenvalue weighted by Crippen LogP contribution is -2.57. The van der Waals surface area contributed by atoms with Crippen LogP contribution >= 0.6 is 0 Å². The molecule has 0 spiro atoms. The van der Waals surface area contributed by atoms with Gasteiger partial charge in [-0.15, -0.1) is 0 Å². The van der Waals surface area contributed by atoms with Crippen LogP contribution in [0.4, 0.5) is 0 Å². The quantitative estimate of drug-likeness (QED) is 0.773. The third kappa shape index (κ3) is 3.39. The first-order valence-corrected chi connectivity index (χ1v) is 7.28. The van der Waals surface area contributed by atoms with E-state index in [1.54, 1.807) is 9.80 Å². The zero-order valence-corrected chi connectivity index (χ0v) is 12.7. The molecule has 0 bridgehead atoms. The molecule has 2 heterocycles. The van der Waals surface area contributed by atoms with E-state index in [4.69, 9.17) is 0 Å². The highest BCUT2D eigenvalue weighted by Crippen LogP contribution is 2.23. The van der Waals surface area contributed by atoms with Gasteiger partial charge in [-0.25, -0.2) is 0 Å². The summed E-state index contributed by atoms with van der Waals surface area (Å²) in [6, 6.07) is -0.223. The maximum Gasteiger partial charge on any atom is 0.246 e. The highest BCUT2D eigenvalue weighted by molar-refractivity contribution is 5.95. The van der Waals surface area contributed by atoms with Gasteiger partial charge in [-0.05, 0) is 39.2 Å². The number of piperazine rings is 1. The summed E-state index contributed by atoms with van der Waals surface area (Å²) in [6.45, 7) is 12.3. The molecule has 1 N–H and O–H groups in total. The molecule has 0 aromatic heterocycles. The molecule has 1 unspecified atom stereocenters. The van der Waals surface area contributed by atoms with Gasteiger partial charge in [-0.1, -0.05) is 6.58 Å². The van der Waals surface area contributed by atoms with Crippen molar-refractivity contribution in [1.82, 2.24) is 15.1 Å². The molecule has 2 amide bonds. The average Bonchev–Trinajstić information content (AvgIpc) is 2.82. The Morgan fingerprint density at radius 1 is 1.40 bits per heavy atom. The molecule has 0 aromatic carbocycles. The largest absolute Gasteiger partial charge is 0.329 e. The molecule has 5 nitrogen and oxygen atoms in total. The summed E-state index contributed by atoms with van der Waals surface area (Å²) in [5.41, 5.74) is 0.958. The van der Waals surface area contributed by atoms with Crippen molar-refractivity contribution in [2.24, 2.45) is 0 Å². The van der Waals surface area contributed by atoms with Crippen molar-refractivity contribution in [3.63, 3.8) is 0 Å². The Labute approximate surface area is 121 Å². The SMILES string of the molecule is C=C(CNC(C)(C)C)CN1CC(=O)N2CCCC2C1=O. The van der Waals surface area contributed by atoms with Crippen molar-refractivity contribution in [2.75, 3.05) is 26.2 Å². The molecule has 0 radical (unpaired) electrons. The van der Waals surface area contributed by atoms with Crippen molar-refractivity contribution in [2.45, 2.75) is 45.2 Å². The van der Waals surface area contributed by atoms with Crippen molar-refractivity contribution < 1.29 is 9.59 Å². The van der Waals surface area contributed by atoms with E-state index in [0.717, 1.165) is 25.0 Å². The number of carbonyl (C=O) groups excluding carboxylic acids is 2. The van der Waals surface area contributed by atoms with Crippen LogP contribution in [0.1, 0.15) is 33.6 Å². The van der Waals surface area contributed by atoms with Gasteiger partial charge < -0.3 is 15.1 Å². The fraction of sp³-hybridized carbons (Fsp3) is 0.733. The van der Waals surface area contributed by atoms with Crippen LogP contribution in [-0.4, -0.2) is 59.4 Å². The minimum Gasteiger partial charge on any atom is -0.329 e. The van der Waals surface area contributed by atoms with Gasteiger partial charge in [0.25, 0.3) is 0 Å². The molecule has 0 aliphatic carbocycles. The number of rotatable bonds is 4. The standard InChI is InChI=1S/C15H25N3O2/c1-11(8-16-15(2,3)4)9-17-10-13(19)18-7-5-6-12(18)14(17)20/h12,16H,1,5-10H2,2-4H3. The number of fused-ring (bicyclic) bond motifs is 1. The van der Waals surface area contributed by atoms with Crippen LogP contribution in [0.5, 0.6) is 0 Å². The first kappa shape index (κ1) is 15.0. The second kappa shape index (κ2) is 5.56. The molecular formula is C15H25N3O2. The molecule has 112 valence electrons. The van der Waals surface area contributed by atoms with Crippen molar-refractivity contribution in [3.8, 4) is 0 Å². The molecular weight excluding hydrogens is 254 g/mol. The molecule has 0 saturated carbocycles. The van der Waals surface area contributed by atoms with Gasteiger partial charge in [-0.2, -0.15) is 0 Å². The van der Waals surface area contributed by atoms with E-state index in [-0.39, 0.29) is 29.9 Å². The summed E-state index contributed by atoms with van der Waals surface area (Å²) in [7, 11) is 0. The second-order valence-corrected chi connectivity index (χ2v) is 6.79. The second-order valence-electron chi connectivity index (χ2n) is 6.79. The molecule has 2 rings (SSSR count). The molecule has 2 fully saturated rings. The van der Waals surface area contributed by atoms with E-state index in [2.05, 4.69) is 32.7 Å². The van der Waals surface area contributed by atoms with E-state index in [1.807, 2.05) is 0 Å². The summed E-state index contributed by atoms with van der Waals surface area (Å²) in [6.07, 6.45) is 1.73. The highest BCUT2D eigenvalue weighted by Gasteiger charge is 2.41. The van der Waals surface area contributed by atoms with Gasteiger partial charge in [0.05, 0.1) is 0 Å². The van der Waals surface area contributed by atoms with Gasteiger partial charge in [0.2, 0.25) is 11.8 Å². The fourth-order valence-electron chi connectivity index (χ4n) is 2.71. The molecule has 0 aromatic rings. The minimum absolute atomic E-state index is 0.0208. The highest BCUT2D eigenvalue weighted by atomic mass is 16.2. The third-order valence-electron chi connectivity index (χ3n) is 3.78. The molecule has 2 aliphatic heterocycles. The van der Waals surface area contributed by atoms with Crippen LogP contribution in [0.2, 0.25) is 0 Å². The maximum absolute atomic E-state index is 12.4. The number of carbonyl (C=O) groups is 2. The lowest BCUT2D eigenvalue weighted by atomic mass is 10.1. The number of amides is 2. The van der Waals surface area contributed by atoms with Crippen LogP contribution in [0.15, 0.2) is 12.2 Å². The number of hydrogen-bond acceptors (Lipinski definition) is 3. The van der Waals surface area contributed by atoms with E-state index < -0.39 is 0 Å². The van der Waals surface area contributed by atoms with Crippen molar-refractivity contribution >= 4 is 11.8 Å². The van der Waals surface area contributed by atoms with Gasteiger partial charge in [0.1, 0.15) is 12.6 Å². The minimum atomic E-state index is -0.223. The Hall–Kier alpha value is -1.36. The zero-order valence-electron chi connectivity index (χ0n) is 12.7. The van der Waals surface area contributed by atoms with Gasteiger partial charge in [0.15, 0.2) is 0 Å². The summed E-state index contributed by atoms with van der Waals surface area (Å²) in [5, 5.41) is 3.35. The molecule has 1 atom stereocenters. The van der Waals surface area contributed by atoms with Gasteiger partial charge >= 0.3 is 0 Å². The lowest BCUT2D eigenvalue weighted by Gasteiger charge is -2.37. The first-order valence-electron chi connectivity index (χ1n) is 7.28. The Morgan fingerprint density at radius 3 is 2.75 bits per heavy atom.